The summed E-state index contributed by atoms with van der Waals surface area (Å²) >= 11 is 0. The highest BCUT2D eigenvalue weighted by Crippen LogP contribution is 2.40. The van der Waals surface area contributed by atoms with Crippen LogP contribution in [0.2, 0.25) is 0 Å². The number of carbonyl (C=O) groups excluding carboxylic acids is 1. The van der Waals surface area contributed by atoms with Crippen molar-refractivity contribution in [3.05, 3.63) is 76.1 Å². The van der Waals surface area contributed by atoms with Gasteiger partial charge in [-0.3, -0.25) is 10.1 Å². The van der Waals surface area contributed by atoms with E-state index in [0.717, 1.165) is 17.7 Å². The summed E-state index contributed by atoms with van der Waals surface area (Å²) < 4.78 is 5.22. The molecule has 0 unspecified atom stereocenters. The third-order valence-electron chi connectivity index (χ3n) is 5.06. The lowest BCUT2D eigenvalue weighted by Crippen LogP contribution is -2.17. The standard InChI is InChI=1S/C23H23N5O4/c1-15(2)13-32-23(29)17-7-9-18(10-8-17)26-21-20(28(30)31)22(25-14-24-21)27-12-11-16-5-3-4-6-19(16)27/h3-10,14-15H,11-13H2,1-2H3,(H,24,25,26). The topological polar surface area (TPSA) is 110 Å². The average Bonchev–Trinajstić information content (AvgIpc) is 3.21. The number of esters is 1. The highest BCUT2D eigenvalue weighted by molar-refractivity contribution is 5.90. The van der Waals surface area contributed by atoms with Crippen LogP contribution in [-0.2, 0) is 11.2 Å². The molecule has 0 bridgehead atoms. The lowest BCUT2D eigenvalue weighted by Gasteiger charge is -2.19. The van der Waals surface area contributed by atoms with Gasteiger partial charge >= 0.3 is 11.7 Å². The quantitative estimate of drug-likeness (QED) is 0.326. The van der Waals surface area contributed by atoms with Crippen molar-refractivity contribution in [1.29, 1.82) is 0 Å². The van der Waals surface area contributed by atoms with Crippen LogP contribution in [0.5, 0.6) is 0 Å². The van der Waals surface area contributed by atoms with E-state index in [-0.39, 0.29) is 23.2 Å². The molecule has 4 rings (SSSR count). The van der Waals surface area contributed by atoms with E-state index in [2.05, 4.69) is 15.3 Å². The summed E-state index contributed by atoms with van der Waals surface area (Å²) in [6, 6.07) is 14.3. The third-order valence-corrected chi connectivity index (χ3v) is 5.06. The third kappa shape index (κ3) is 4.36. The van der Waals surface area contributed by atoms with Crippen LogP contribution in [0.4, 0.5) is 28.7 Å². The average molecular weight is 433 g/mol. The molecule has 9 heteroatoms. The Morgan fingerprint density at radius 2 is 1.94 bits per heavy atom. The Morgan fingerprint density at radius 3 is 2.66 bits per heavy atom. The first-order chi connectivity index (χ1) is 15.4. The van der Waals surface area contributed by atoms with E-state index in [9.17, 15) is 14.9 Å². The van der Waals surface area contributed by atoms with Crippen LogP contribution in [0.1, 0.15) is 29.8 Å². The summed E-state index contributed by atoms with van der Waals surface area (Å²) in [5.74, 6) is 0.161. The SMILES string of the molecule is CC(C)COC(=O)c1ccc(Nc2ncnc(N3CCc4ccccc43)c2[N+](=O)[O-])cc1. The van der Waals surface area contributed by atoms with Gasteiger partial charge in [-0.1, -0.05) is 32.0 Å². The van der Waals surface area contributed by atoms with Crippen LogP contribution < -0.4 is 10.2 Å². The van der Waals surface area contributed by atoms with Gasteiger partial charge < -0.3 is 15.0 Å². The number of rotatable bonds is 7. The maximum atomic E-state index is 12.1. The minimum atomic E-state index is -0.476. The zero-order valence-electron chi connectivity index (χ0n) is 17.8. The number of nitrogens with one attached hydrogen (secondary N) is 1. The number of hydrogen-bond acceptors (Lipinski definition) is 8. The van der Waals surface area contributed by atoms with E-state index in [4.69, 9.17) is 4.74 Å². The maximum absolute atomic E-state index is 12.1. The number of carbonyl (C=O) groups is 1. The van der Waals surface area contributed by atoms with Gasteiger partial charge in [0.15, 0.2) is 0 Å². The molecule has 1 aliphatic heterocycles. The zero-order chi connectivity index (χ0) is 22.7. The molecule has 0 saturated heterocycles. The molecular weight excluding hydrogens is 410 g/mol. The lowest BCUT2D eigenvalue weighted by atomic mass is 10.2. The van der Waals surface area contributed by atoms with Gasteiger partial charge in [0.2, 0.25) is 11.6 Å². The first kappa shape index (κ1) is 21.2. The zero-order valence-corrected chi connectivity index (χ0v) is 17.8. The van der Waals surface area contributed by atoms with Crippen LogP contribution in [0.25, 0.3) is 0 Å². The van der Waals surface area contributed by atoms with Crippen LogP contribution in [-0.4, -0.2) is 34.0 Å². The van der Waals surface area contributed by atoms with E-state index in [1.165, 1.54) is 6.33 Å². The number of hydrogen-bond donors (Lipinski definition) is 1. The maximum Gasteiger partial charge on any atom is 0.354 e. The number of ether oxygens (including phenoxy) is 1. The Morgan fingerprint density at radius 1 is 1.19 bits per heavy atom. The first-order valence-electron chi connectivity index (χ1n) is 10.3. The van der Waals surface area contributed by atoms with Crippen molar-refractivity contribution >= 4 is 34.7 Å². The molecular formula is C23H23N5O4. The number of nitrogens with zero attached hydrogens (tertiary/aromatic N) is 4. The number of fused-ring (bicyclic) bond motifs is 1. The predicted molar refractivity (Wildman–Crippen MR) is 121 cm³/mol. The Kier molecular flexibility index (Phi) is 5.98. The van der Waals surface area contributed by atoms with Gasteiger partial charge in [0.05, 0.1) is 17.1 Å². The minimum Gasteiger partial charge on any atom is -0.462 e. The molecule has 2 heterocycles. The fourth-order valence-corrected chi connectivity index (χ4v) is 3.54. The van der Waals surface area contributed by atoms with E-state index < -0.39 is 10.9 Å². The van der Waals surface area contributed by atoms with Crippen molar-refractivity contribution in [3.63, 3.8) is 0 Å². The van der Waals surface area contributed by atoms with Gasteiger partial charge in [-0.25, -0.2) is 14.8 Å². The molecule has 0 amide bonds. The Balaban J connectivity index is 1.59. The Bertz CT molecular complexity index is 1150. The highest BCUT2D eigenvalue weighted by Gasteiger charge is 2.31. The number of benzene rings is 2. The molecule has 0 fully saturated rings. The van der Waals surface area contributed by atoms with Crippen LogP contribution >= 0.6 is 0 Å². The van der Waals surface area contributed by atoms with Crippen molar-refractivity contribution < 1.29 is 14.5 Å². The van der Waals surface area contributed by atoms with Crippen LogP contribution in [0.15, 0.2) is 54.9 Å². The summed E-state index contributed by atoms with van der Waals surface area (Å²) in [7, 11) is 0. The summed E-state index contributed by atoms with van der Waals surface area (Å²) in [6.45, 7) is 4.87. The fraction of sp³-hybridized carbons (Fsp3) is 0.261. The molecule has 164 valence electrons. The molecule has 3 aromatic rings. The van der Waals surface area contributed by atoms with Gasteiger partial charge in [-0.05, 0) is 48.2 Å². The highest BCUT2D eigenvalue weighted by atomic mass is 16.6. The lowest BCUT2D eigenvalue weighted by molar-refractivity contribution is -0.383. The molecule has 0 saturated carbocycles. The molecule has 0 aliphatic carbocycles. The smallest absolute Gasteiger partial charge is 0.354 e. The van der Waals surface area contributed by atoms with Crippen molar-refractivity contribution in [1.82, 2.24) is 9.97 Å². The summed E-state index contributed by atoms with van der Waals surface area (Å²) in [5, 5.41) is 15.0. The van der Waals surface area contributed by atoms with Crippen LogP contribution in [0.3, 0.4) is 0 Å². The molecule has 1 aromatic heterocycles. The fourth-order valence-electron chi connectivity index (χ4n) is 3.54. The molecule has 2 aromatic carbocycles. The van der Waals surface area contributed by atoms with E-state index in [0.29, 0.717) is 24.4 Å². The second-order valence-corrected chi connectivity index (χ2v) is 7.88. The molecule has 1 N–H and O–H groups in total. The van der Waals surface area contributed by atoms with Crippen LogP contribution in [0, 0.1) is 16.0 Å². The first-order valence-corrected chi connectivity index (χ1v) is 10.3. The van der Waals surface area contributed by atoms with E-state index in [1.807, 2.05) is 43.0 Å². The van der Waals surface area contributed by atoms with Crippen molar-refractivity contribution in [3.8, 4) is 0 Å². The minimum absolute atomic E-state index is 0.0829. The number of para-hydroxylation sites is 1. The van der Waals surface area contributed by atoms with E-state index in [1.54, 1.807) is 24.3 Å². The number of aromatic nitrogens is 2. The Labute approximate surface area is 185 Å². The molecule has 1 aliphatic rings. The Hall–Kier alpha value is -4.01. The summed E-state index contributed by atoms with van der Waals surface area (Å²) in [5.41, 5.74) is 2.78. The van der Waals surface area contributed by atoms with Crippen molar-refractivity contribution in [2.45, 2.75) is 20.3 Å². The normalized spacial score (nSPS) is 12.5. The molecule has 0 radical (unpaired) electrons. The molecule has 0 spiro atoms. The second-order valence-electron chi connectivity index (χ2n) is 7.88. The van der Waals surface area contributed by atoms with Gasteiger partial charge in [-0.15, -0.1) is 0 Å². The molecule has 9 nitrogen and oxygen atoms in total. The van der Waals surface area contributed by atoms with Gasteiger partial charge in [0.1, 0.15) is 6.33 Å². The summed E-state index contributed by atoms with van der Waals surface area (Å²) in [4.78, 5) is 33.8. The summed E-state index contributed by atoms with van der Waals surface area (Å²) in [6.07, 6.45) is 2.09. The van der Waals surface area contributed by atoms with Crippen molar-refractivity contribution in [2.75, 3.05) is 23.4 Å². The van der Waals surface area contributed by atoms with E-state index >= 15 is 0 Å². The number of nitro groups is 1. The predicted octanol–water partition coefficient (Wildman–Crippen LogP) is 4.64. The van der Waals surface area contributed by atoms with Gasteiger partial charge in [-0.2, -0.15) is 0 Å². The van der Waals surface area contributed by atoms with Crippen molar-refractivity contribution in [2.24, 2.45) is 5.92 Å². The second kappa shape index (κ2) is 9.01. The molecule has 32 heavy (non-hydrogen) atoms. The number of anilines is 4. The largest absolute Gasteiger partial charge is 0.462 e. The molecule has 0 atom stereocenters. The van der Waals surface area contributed by atoms with Gasteiger partial charge in [0.25, 0.3) is 0 Å². The monoisotopic (exact) mass is 433 g/mol. The van der Waals surface area contributed by atoms with Gasteiger partial charge in [0, 0.05) is 17.9 Å².